The molecule has 0 aromatic carbocycles. The van der Waals surface area contributed by atoms with E-state index in [0.717, 1.165) is 13.0 Å². The van der Waals surface area contributed by atoms with Gasteiger partial charge in [0.1, 0.15) is 0 Å². The summed E-state index contributed by atoms with van der Waals surface area (Å²) in [6.07, 6.45) is 7.30. The lowest BCUT2D eigenvalue weighted by Gasteiger charge is -2.18. The van der Waals surface area contributed by atoms with Gasteiger partial charge in [-0.1, -0.05) is 0 Å². The normalized spacial score (nSPS) is 31.4. The van der Waals surface area contributed by atoms with Crippen LogP contribution in [0.3, 0.4) is 0 Å². The zero-order chi connectivity index (χ0) is 8.97. The fourth-order valence-corrected chi connectivity index (χ4v) is 1.62. The van der Waals surface area contributed by atoms with Crippen LogP contribution in [0.4, 0.5) is 0 Å². The Morgan fingerprint density at radius 1 is 1.83 bits per heavy atom. The summed E-state index contributed by atoms with van der Waals surface area (Å²) in [6.45, 7) is 2.85. The molecule has 1 aliphatic heterocycles. The monoisotopic (exact) mass is 168 g/mol. The van der Waals surface area contributed by atoms with Gasteiger partial charge in [-0.05, 0) is 13.3 Å². The summed E-state index contributed by atoms with van der Waals surface area (Å²) >= 11 is 0. The lowest BCUT2D eigenvalue weighted by atomic mass is 9.95. The van der Waals surface area contributed by atoms with E-state index in [-0.39, 0.29) is 6.04 Å². The van der Waals surface area contributed by atoms with Crippen molar-refractivity contribution in [3.8, 4) is 12.3 Å². The van der Waals surface area contributed by atoms with Gasteiger partial charge in [-0.15, -0.1) is 12.3 Å². The summed E-state index contributed by atoms with van der Waals surface area (Å²) in [5, 5.41) is 0. The molecule has 0 bridgehead atoms. The molecule has 3 N–H and O–H groups in total. The molecule has 3 unspecified atom stereocenters. The van der Waals surface area contributed by atoms with Crippen molar-refractivity contribution < 1.29 is 4.74 Å². The van der Waals surface area contributed by atoms with Crippen molar-refractivity contribution in [3.63, 3.8) is 0 Å². The van der Waals surface area contributed by atoms with E-state index in [2.05, 4.69) is 18.3 Å². The largest absolute Gasteiger partial charge is 0.378 e. The van der Waals surface area contributed by atoms with E-state index in [1.807, 2.05) is 0 Å². The predicted octanol–water partition coefficient (Wildman–Crippen LogP) is 0.267. The molecule has 3 nitrogen and oxygen atoms in total. The Morgan fingerprint density at radius 3 is 3.00 bits per heavy atom. The first-order valence-corrected chi connectivity index (χ1v) is 4.29. The fraction of sp³-hybridized carbons (Fsp3) is 0.778. The van der Waals surface area contributed by atoms with Gasteiger partial charge in [-0.3, -0.25) is 11.3 Å². The molecule has 1 aliphatic rings. The maximum absolute atomic E-state index is 5.43. The van der Waals surface area contributed by atoms with Crippen molar-refractivity contribution in [3.05, 3.63) is 0 Å². The van der Waals surface area contributed by atoms with Gasteiger partial charge in [-0.2, -0.15) is 0 Å². The van der Waals surface area contributed by atoms with E-state index in [4.69, 9.17) is 17.0 Å². The molecule has 0 radical (unpaired) electrons. The third kappa shape index (κ3) is 2.21. The van der Waals surface area contributed by atoms with Gasteiger partial charge >= 0.3 is 0 Å². The van der Waals surface area contributed by atoms with E-state index in [0.29, 0.717) is 18.4 Å². The van der Waals surface area contributed by atoms with Crippen LogP contribution in [-0.4, -0.2) is 18.8 Å². The van der Waals surface area contributed by atoms with Crippen molar-refractivity contribution in [2.75, 3.05) is 6.61 Å². The van der Waals surface area contributed by atoms with Gasteiger partial charge in [-0.25, -0.2) is 0 Å². The second kappa shape index (κ2) is 4.46. The van der Waals surface area contributed by atoms with Crippen molar-refractivity contribution in [2.45, 2.75) is 31.9 Å². The molecular weight excluding hydrogens is 152 g/mol. The van der Waals surface area contributed by atoms with E-state index < -0.39 is 0 Å². The number of hydrogen-bond acceptors (Lipinski definition) is 3. The minimum atomic E-state index is 0.208. The summed E-state index contributed by atoms with van der Waals surface area (Å²) in [5.74, 6) is 8.47. The van der Waals surface area contributed by atoms with Gasteiger partial charge in [0.15, 0.2) is 0 Å². The highest BCUT2D eigenvalue weighted by Crippen LogP contribution is 2.23. The standard InChI is InChI=1S/C9H16N2O/c1-3-4-9(11-10)8-5-7(2)12-6-8/h1,7-9,11H,4-6,10H2,2H3. The van der Waals surface area contributed by atoms with Crippen LogP contribution < -0.4 is 11.3 Å². The molecule has 12 heavy (non-hydrogen) atoms. The summed E-state index contributed by atoms with van der Waals surface area (Å²) < 4.78 is 5.43. The Hall–Kier alpha value is -0.560. The summed E-state index contributed by atoms with van der Waals surface area (Å²) in [6, 6.07) is 0.208. The zero-order valence-electron chi connectivity index (χ0n) is 7.42. The molecule has 1 fully saturated rings. The van der Waals surface area contributed by atoms with E-state index in [1.54, 1.807) is 0 Å². The fourth-order valence-electron chi connectivity index (χ4n) is 1.62. The molecule has 0 spiro atoms. The Kier molecular flexibility index (Phi) is 3.54. The number of hydrazine groups is 1. The van der Waals surface area contributed by atoms with Crippen molar-refractivity contribution in [1.29, 1.82) is 0 Å². The molecule has 0 amide bonds. The van der Waals surface area contributed by atoms with Gasteiger partial charge in [0.2, 0.25) is 0 Å². The molecular formula is C9H16N2O. The number of rotatable bonds is 3. The van der Waals surface area contributed by atoms with Crippen LogP contribution in [0.25, 0.3) is 0 Å². The van der Waals surface area contributed by atoms with Crippen LogP contribution >= 0.6 is 0 Å². The number of nitrogens with one attached hydrogen (secondary N) is 1. The molecule has 0 aliphatic carbocycles. The van der Waals surface area contributed by atoms with Crippen LogP contribution in [0.15, 0.2) is 0 Å². The van der Waals surface area contributed by atoms with E-state index in [9.17, 15) is 0 Å². The van der Waals surface area contributed by atoms with Crippen molar-refractivity contribution >= 4 is 0 Å². The first-order valence-electron chi connectivity index (χ1n) is 4.29. The third-order valence-corrected chi connectivity index (χ3v) is 2.35. The minimum Gasteiger partial charge on any atom is -0.378 e. The Labute approximate surface area is 73.6 Å². The van der Waals surface area contributed by atoms with Gasteiger partial charge in [0, 0.05) is 18.4 Å². The number of ether oxygens (including phenoxy) is 1. The van der Waals surface area contributed by atoms with E-state index in [1.165, 1.54) is 0 Å². The van der Waals surface area contributed by atoms with Crippen LogP contribution in [0.5, 0.6) is 0 Å². The molecule has 1 saturated heterocycles. The first-order chi connectivity index (χ1) is 5.77. The number of nitrogens with two attached hydrogens (primary N) is 1. The smallest absolute Gasteiger partial charge is 0.0551 e. The highest BCUT2D eigenvalue weighted by Gasteiger charge is 2.28. The summed E-state index contributed by atoms with van der Waals surface area (Å²) in [4.78, 5) is 0. The van der Waals surface area contributed by atoms with Crippen molar-refractivity contribution in [1.82, 2.24) is 5.43 Å². The highest BCUT2D eigenvalue weighted by atomic mass is 16.5. The molecule has 0 saturated carbocycles. The number of terminal acetylenes is 1. The summed E-state index contributed by atoms with van der Waals surface area (Å²) in [5.41, 5.74) is 2.74. The first kappa shape index (κ1) is 9.53. The molecule has 0 aromatic heterocycles. The maximum atomic E-state index is 5.43. The lowest BCUT2D eigenvalue weighted by molar-refractivity contribution is 0.117. The zero-order valence-corrected chi connectivity index (χ0v) is 7.42. The van der Waals surface area contributed by atoms with Gasteiger partial charge in [0.05, 0.1) is 12.7 Å². The van der Waals surface area contributed by atoms with Crippen LogP contribution in [0, 0.1) is 18.3 Å². The van der Waals surface area contributed by atoms with Gasteiger partial charge < -0.3 is 4.74 Å². The quantitative estimate of drug-likeness (QED) is 0.361. The van der Waals surface area contributed by atoms with Crippen molar-refractivity contribution in [2.24, 2.45) is 11.8 Å². The van der Waals surface area contributed by atoms with Gasteiger partial charge in [0.25, 0.3) is 0 Å². The molecule has 1 rings (SSSR count). The maximum Gasteiger partial charge on any atom is 0.0551 e. The molecule has 0 aromatic rings. The van der Waals surface area contributed by atoms with E-state index >= 15 is 0 Å². The molecule has 3 atom stereocenters. The molecule has 3 heteroatoms. The van der Waals surface area contributed by atoms with Crippen LogP contribution in [0.2, 0.25) is 0 Å². The van der Waals surface area contributed by atoms with Crippen LogP contribution in [-0.2, 0) is 4.74 Å². The Balaban J connectivity index is 2.39. The third-order valence-electron chi connectivity index (χ3n) is 2.35. The topological polar surface area (TPSA) is 47.3 Å². The Morgan fingerprint density at radius 2 is 2.58 bits per heavy atom. The Bertz CT molecular complexity index is 176. The second-order valence-electron chi connectivity index (χ2n) is 3.32. The predicted molar refractivity (Wildman–Crippen MR) is 48.1 cm³/mol. The SMILES string of the molecule is C#CCC(NN)C1COC(C)C1. The second-order valence-corrected chi connectivity index (χ2v) is 3.32. The lowest BCUT2D eigenvalue weighted by Crippen LogP contribution is -2.41. The molecule has 68 valence electrons. The average Bonchev–Trinajstić information content (AvgIpc) is 2.47. The highest BCUT2D eigenvalue weighted by molar-refractivity contribution is 4.93. The minimum absolute atomic E-state index is 0.208. The summed E-state index contributed by atoms with van der Waals surface area (Å²) in [7, 11) is 0. The average molecular weight is 168 g/mol. The molecule has 1 heterocycles. The number of hydrogen-bond donors (Lipinski definition) is 2. The van der Waals surface area contributed by atoms with Crippen LogP contribution in [0.1, 0.15) is 19.8 Å².